The van der Waals surface area contributed by atoms with Gasteiger partial charge in [0.05, 0.1) is 6.54 Å². The molecule has 0 fully saturated rings. The van der Waals surface area contributed by atoms with Crippen molar-refractivity contribution < 1.29 is 10.4 Å². The van der Waals surface area contributed by atoms with E-state index in [-0.39, 0.29) is 5.17 Å². The van der Waals surface area contributed by atoms with Gasteiger partial charge in [0.2, 0.25) is 0 Å². The lowest BCUT2D eigenvalue weighted by Gasteiger charge is -2.17. The molecule has 4 nitrogen and oxygen atoms in total. The standard InChI is InChI=1S/C16H36N2O2/c1-2-3-4-5-6-7-8-9-10-11-12-13-14-15-16-18(20)17-19/h17-19H,2-16H2,1H3. The minimum atomic E-state index is -0.260. The van der Waals surface area contributed by atoms with E-state index in [1.807, 2.05) is 0 Å². The Balaban J connectivity index is 2.96. The Morgan fingerprint density at radius 1 is 0.700 bits per heavy atom. The number of nitrogens with one attached hydrogen (secondary N) is 2. The smallest absolute Gasteiger partial charge is 0.0962 e. The van der Waals surface area contributed by atoms with Gasteiger partial charge in [-0.3, -0.25) is 10.4 Å². The number of unbranched alkanes of at least 4 members (excludes halogenated alkanes) is 13. The average Bonchev–Trinajstić information content (AvgIpc) is 2.47. The summed E-state index contributed by atoms with van der Waals surface area (Å²) in [5, 5.41) is 18.8. The first-order valence-electron chi connectivity index (χ1n) is 8.74. The van der Waals surface area contributed by atoms with Gasteiger partial charge in [-0.15, -0.1) is 0 Å². The minimum absolute atomic E-state index is 0.260. The molecule has 0 saturated carbocycles. The van der Waals surface area contributed by atoms with Gasteiger partial charge in [0.15, 0.2) is 0 Å². The van der Waals surface area contributed by atoms with E-state index < -0.39 is 0 Å². The Hall–Kier alpha value is -0.160. The zero-order chi connectivity index (χ0) is 14.9. The van der Waals surface area contributed by atoms with Crippen molar-refractivity contribution in [2.45, 2.75) is 96.8 Å². The third-order valence-electron chi connectivity index (χ3n) is 3.88. The maximum atomic E-state index is 10.8. The molecule has 0 aromatic rings. The number of hydrogen-bond donors (Lipinski definition) is 3. The molecule has 4 heteroatoms. The zero-order valence-electron chi connectivity index (χ0n) is 13.5. The Morgan fingerprint density at radius 2 is 1.05 bits per heavy atom. The summed E-state index contributed by atoms with van der Waals surface area (Å²) < 4.78 is 0. The molecule has 0 bridgehead atoms. The van der Waals surface area contributed by atoms with Crippen LogP contribution >= 0.6 is 0 Å². The van der Waals surface area contributed by atoms with E-state index in [1.165, 1.54) is 77.0 Å². The summed E-state index contributed by atoms with van der Waals surface area (Å²) in [6, 6.07) is 0. The monoisotopic (exact) mass is 288 g/mol. The second kappa shape index (κ2) is 16.9. The van der Waals surface area contributed by atoms with Crippen molar-refractivity contribution in [1.29, 1.82) is 0 Å². The largest absolute Gasteiger partial charge is 0.611 e. The van der Waals surface area contributed by atoms with Crippen molar-refractivity contribution in [1.82, 2.24) is 5.59 Å². The maximum Gasteiger partial charge on any atom is 0.0962 e. The summed E-state index contributed by atoms with van der Waals surface area (Å²) in [4.78, 5) is 0. The summed E-state index contributed by atoms with van der Waals surface area (Å²) in [7, 11) is 0. The molecule has 0 aliphatic rings. The van der Waals surface area contributed by atoms with Gasteiger partial charge in [-0.1, -0.05) is 84.0 Å². The summed E-state index contributed by atoms with van der Waals surface area (Å²) in [6.45, 7) is 2.72. The first-order valence-corrected chi connectivity index (χ1v) is 8.74. The van der Waals surface area contributed by atoms with Crippen LogP contribution in [0.5, 0.6) is 0 Å². The molecule has 0 aromatic heterocycles. The van der Waals surface area contributed by atoms with Crippen LogP contribution in [0.4, 0.5) is 0 Å². The summed E-state index contributed by atoms with van der Waals surface area (Å²) in [5.41, 5.74) is 1.67. The van der Waals surface area contributed by atoms with Gasteiger partial charge in [0, 0.05) is 0 Å². The maximum absolute atomic E-state index is 10.8. The van der Waals surface area contributed by atoms with Crippen LogP contribution in [-0.4, -0.2) is 11.8 Å². The van der Waals surface area contributed by atoms with Crippen LogP contribution < -0.4 is 10.8 Å². The Morgan fingerprint density at radius 3 is 1.40 bits per heavy atom. The Bertz CT molecular complexity index is 180. The van der Waals surface area contributed by atoms with Crippen molar-refractivity contribution in [2.24, 2.45) is 0 Å². The summed E-state index contributed by atoms with van der Waals surface area (Å²) in [6.07, 6.45) is 18.4. The Labute approximate surface area is 125 Å². The second-order valence-corrected chi connectivity index (χ2v) is 5.88. The fourth-order valence-electron chi connectivity index (χ4n) is 2.54. The zero-order valence-corrected chi connectivity index (χ0v) is 13.5. The quantitative estimate of drug-likeness (QED) is 0.299. The third kappa shape index (κ3) is 15.9. The van der Waals surface area contributed by atoms with Crippen molar-refractivity contribution in [3.05, 3.63) is 5.21 Å². The van der Waals surface area contributed by atoms with E-state index in [0.717, 1.165) is 12.8 Å². The normalized spacial score (nSPS) is 12.8. The van der Waals surface area contributed by atoms with Crippen LogP contribution in [0.2, 0.25) is 0 Å². The third-order valence-corrected chi connectivity index (χ3v) is 3.88. The molecule has 3 N–H and O–H groups in total. The minimum Gasteiger partial charge on any atom is -0.611 e. The van der Waals surface area contributed by atoms with E-state index in [2.05, 4.69) is 6.92 Å². The molecule has 1 atom stereocenters. The van der Waals surface area contributed by atoms with Gasteiger partial charge in [-0.2, -0.15) is 0 Å². The van der Waals surface area contributed by atoms with Crippen LogP contribution in [0.25, 0.3) is 0 Å². The molecule has 0 aromatic carbocycles. The van der Waals surface area contributed by atoms with Crippen LogP contribution in [0.15, 0.2) is 0 Å². The highest BCUT2D eigenvalue weighted by molar-refractivity contribution is 4.49. The van der Waals surface area contributed by atoms with Crippen molar-refractivity contribution in [3.63, 3.8) is 0 Å². The Kier molecular flexibility index (Phi) is 16.8. The van der Waals surface area contributed by atoms with E-state index in [9.17, 15) is 5.21 Å². The number of quaternary nitrogens is 1. The fourth-order valence-corrected chi connectivity index (χ4v) is 2.54. The van der Waals surface area contributed by atoms with Crippen molar-refractivity contribution in [3.8, 4) is 0 Å². The van der Waals surface area contributed by atoms with E-state index >= 15 is 0 Å². The van der Waals surface area contributed by atoms with Crippen LogP contribution in [0, 0.1) is 5.21 Å². The van der Waals surface area contributed by atoms with E-state index in [1.54, 1.807) is 5.59 Å². The van der Waals surface area contributed by atoms with Gasteiger partial charge in [-0.05, 0) is 18.4 Å². The molecule has 0 radical (unpaired) electrons. The predicted octanol–water partition coefficient (Wildman–Crippen LogP) is 3.74. The van der Waals surface area contributed by atoms with Crippen molar-refractivity contribution in [2.75, 3.05) is 6.54 Å². The molecule has 122 valence electrons. The van der Waals surface area contributed by atoms with E-state index in [0.29, 0.717) is 6.54 Å². The van der Waals surface area contributed by atoms with Crippen molar-refractivity contribution >= 4 is 0 Å². The number of hydrogen-bond acceptors (Lipinski definition) is 3. The molecule has 1 unspecified atom stereocenters. The van der Waals surface area contributed by atoms with Gasteiger partial charge in [0.1, 0.15) is 0 Å². The lowest BCUT2D eigenvalue weighted by molar-refractivity contribution is -0.926. The molecular formula is C16H36N2O2. The molecule has 20 heavy (non-hydrogen) atoms. The SMILES string of the molecule is CCCCCCCCCCCCCCCC[NH+]([O-])NO. The molecule has 0 heterocycles. The summed E-state index contributed by atoms with van der Waals surface area (Å²) >= 11 is 0. The highest BCUT2D eigenvalue weighted by atomic mass is 16.7. The fraction of sp³-hybridized carbons (Fsp3) is 1.00. The average molecular weight is 288 g/mol. The van der Waals surface area contributed by atoms with Crippen LogP contribution in [-0.2, 0) is 0 Å². The van der Waals surface area contributed by atoms with Crippen LogP contribution in [0.3, 0.4) is 0 Å². The molecular weight excluding hydrogens is 252 g/mol. The first-order chi connectivity index (χ1) is 9.81. The van der Waals surface area contributed by atoms with E-state index in [4.69, 9.17) is 5.21 Å². The summed E-state index contributed by atoms with van der Waals surface area (Å²) in [5.74, 6) is 0. The lowest BCUT2D eigenvalue weighted by atomic mass is 10.0. The highest BCUT2D eigenvalue weighted by Gasteiger charge is 1.96. The molecule has 0 amide bonds. The molecule has 0 rings (SSSR count). The topological polar surface area (TPSA) is 59.8 Å². The van der Waals surface area contributed by atoms with Gasteiger partial charge < -0.3 is 5.21 Å². The van der Waals surface area contributed by atoms with Gasteiger partial charge in [-0.25, -0.2) is 0 Å². The predicted molar refractivity (Wildman–Crippen MR) is 84.4 cm³/mol. The highest BCUT2D eigenvalue weighted by Crippen LogP contribution is 2.12. The number of hydroxylamine groups is 1. The number of rotatable bonds is 16. The molecule has 0 saturated heterocycles. The molecule has 0 spiro atoms. The van der Waals surface area contributed by atoms with Crippen LogP contribution in [0.1, 0.15) is 96.8 Å². The first kappa shape index (κ1) is 19.8. The lowest BCUT2D eigenvalue weighted by Crippen LogP contribution is -3.13. The van der Waals surface area contributed by atoms with Gasteiger partial charge in [0.25, 0.3) is 0 Å². The molecule has 0 aliphatic carbocycles. The van der Waals surface area contributed by atoms with Gasteiger partial charge >= 0.3 is 0 Å². The molecule has 0 aliphatic heterocycles. The second-order valence-electron chi connectivity index (χ2n) is 5.88.